The lowest BCUT2D eigenvalue weighted by atomic mass is 10.2. The Balaban J connectivity index is 2.20. The predicted octanol–water partition coefficient (Wildman–Crippen LogP) is 3.39. The number of nitrogens with one attached hydrogen (secondary N) is 1. The van der Waals surface area contributed by atoms with E-state index in [2.05, 4.69) is 15.3 Å². The van der Waals surface area contributed by atoms with Crippen LogP contribution in [0.15, 0.2) is 36.4 Å². The van der Waals surface area contributed by atoms with Crippen molar-refractivity contribution in [1.29, 1.82) is 0 Å². The van der Waals surface area contributed by atoms with E-state index >= 15 is 0 Å². The molecule has 1 aromatic heterocycles. The van der Waals surface area contributed by atoms with E-state index in [9.17, 15) is 4.79 Å². The Morgan fingerprint density at radius 2 is 1.63 bits per heavy atom. The summed E-state index contributed by atoms with van der Waals surface area (Å²) in [5, 5.41) is 3.36. The molecule has 0 fully saturated rings. The number of amides is 1. The van der Waals surface area contributed by atoms with Gasteiger partial charge in [-0.15, -0.1) is 0 Å². The van der Waals surface area contributed by atoms with Crippen LogP contribution >= 0.6 is 11.6 Å². The number of aromatic nitrogens is 2. The minimum atomic E-state index is -0.111. The second kappa shape index (κ2) is 4.48. The number of carbonyl (C=O) groups excluding carboxylic acids is 1. The maximum absolute atomic E-state index is 11.0. The molecule has 19 heavy (non-hydrogen) atoms. The molecule has 1 N–H and O–H groups in total. The van der Waals surface area contributed by atoms with Gasteiger partial charge in [0, 0.05) is 17.6 Å². The molecule has 0 atom stereocenters. The number of benzene rings is 2. The smallest absolute Gasteiger partial charge is 0.221 e. The molecular formula is C14H10ClN3O. The third-order valence-corrected chi connectivity index (χ3v) is 2.95. The van der Waals surface area contributed by atoms with E-state index in [0.29, 0.717) is 10.7 Å². The fourth-order valence-corrected chi connectivity index (χ4v) is 2.10. The van der Waals surface area contributed by atoms with Crippen LogP contribution in [0, 0.1) is 0 Å². The third kappa shape index (κ3) is 2.35. The number of fused-ring (bicyclic) bond motifs is 2. The van der Waals surface area contributed by atoms with Crippen molar-refractivity contribution in [3.63, 3.8) is 0 Å². The molecule has 0 bridgehead atoms. The average molecular weight is 272 g/mol. The molecule has 3 aromatic rings. The Morgan fingerprint density at radius 3 is 2.32 bits per heavy atom. The van der Waals surface area contributed by atoms with Crippen molar-refractivity contribution in [2.45, 2.75) is 6.92 Å². The van der Waals surface area contributed by atoms with Gasteiger partial charge in [-0.1, -0.05) is 11.6 Å². The van der Waals surface area contributed by atoms with Gasteiger partial charge in [0.05, 0.1) is 22.1 Å². The predicted molar refractivity (Wildman–Crippen MR) is 76.4 cm³/mol. The van der Waals surface area contributed by atoms with Crippen molar-refractivity contribution in [3.05, 3.63) is 41.4 Å². The van der Waals surface area contributed by atoms with Gasteiger partial charge in [-0.05, 0) is 36.4 Å². The number of halogens is 1. The van der Waals surface area contributed by atoms with Gasteiger partial charge in [-0.3, -0.25) is 4.79 Å². The van der Waals surface area contributed by atoms with Crippen molar-refractivity contribution < 1.29 is 4.79 Å². The van der Waals surface area contributed by atoms with Crippen LogP contribution in [0.2, 0.25) is 5.02 Å². The fourth-order valence-electron chi connectivity index (χ4n) is 1.93. The average Bonchev–Trinajstić information content (AvgIpc) is 2.35. The summed E-state index contributed by atoms with van der Waals surface area (Å²) in [4.78, 5) is 20.1. The molecule has 94 valence electrons. The molecule has 0 saturated heterocycles. The number of rotatable bonds is 1. The second-order valence-corrected chi connectivity index (χ2v) is 4.68. The monoisotopic (exact) mass is 271 g/mol. The molecule has 0 unspecified atom stereocenters. The van der Waals surface area contributed by atoms with Crippen LogP contribution in [0.25, 0.3) is 22.1 Å². The summed E-state index contributed by atoms with van der Waals surface area (Å²) in [5.74, 6) is -0.111. The maximum Gasteiger partial charge on any atom is 0.221 e. The highest BCUT2D eigenvalue weighted by Gasteiger charge is 2.04. The van der Waals surface area contributed by atoms with Crippen LogP contribution in [0.4, 0.5) is 5.69 Å². The lowest BCUT2D eigenvalue weighted by molar-refractivity contribution is -0.114. The maximum atomic E-state index is 11.0. The normalized spacial score (nSPS) is 10.8. The van der Waals surface area contributed by atoms with Gasteiger partial charge in [-0.25, -0.2) is 9.97 Å². The molecular weight excluding hydrogens is 262 g/mol. The molecule has 3 rings (SSSR count). The Kier molecular flexibility index (Phi) is 2.80. The molecule has 1 heterocycles. The summed E-state index contributed by atoms with van der Waals surface area (Å²) in [6, 6.07) is 10.8. The van der Waals surface area contributed by atoms with E-state index in [-0.39, 0.29) is 5.91 Å². The quantitative estimate of drug-likeness (QED) is 0.690. The van der Waals surface area contributed by atoms with Crippen molar-refractivity contribution in [2.24, 2.45) is 0 Å². The molecule has 0 radical (unpaired) electrons. The second-order valence-electron chi connectivity index (χ2n) is 4.24. The van der Waals surface area contributed by atoms with Crippen molar-refractivity contribution in [1.82, 2.24) is 9.97 Å². The van der Waals surface area contributed by atoms with Crippen LogP contribution in [-0.4, -0.2) is 15.9 Å². The molecule has 5 heteroatoms. The molecule has 0 saturated carbocycles. The molecule has 2 aromatic carbocycles. The first-order chi connectivity index (χ1) is 9.11. The molecule has 0 spiro atoms. The van der Waals surface area contributed by atoms with E-state index in [1.54, 1.807) is 24.3 Å². The summed E-state index contributed by atoms with van der Waals surface area (Å²) >= 11 is 5.94. The zero-order chi connectivity index (χ0) is 13.4. The van der Waals surface area contributed by atoms with Crippen LogP contribution in [0.1, 0.15) is 6.92 Å². The number of carbonyl (C=O) groups is 1. The number of hydrogen-bond donors (Lipinski definition) is 1. The standard InChI is InChI=1S/C14H10ClN3O/c1-8(19)16-10-3-5-12-14(7-10)18-11-4-2-9(15)6-13(11)17-12/h2-7H,1H3,(H,16,19). The number of nitrogens with zero attached hydrogens (tertiary/aromatic N) is 2. The van der Waals surface area contributed by atoms with E-state index in [0.717, 1.165) is 22.1 Å². The van der Waals surface area contributed by atoms with Crippen LogP contribution in [0.5, 0.6) is 0 Å². The van der Waals surface area contributed by atoms with Crippen LogP contribution in [0.3, 0.4) is 0 Å². The molecule has 1 amide bonds. The highest BCUT2D eigenvalue weighted by molar-refractivity contribution is 6.31. The zero-order valence-electron chi connectivity index (χ0n) is 10.1. The lowest BCUT2D eigenvalue weighted by Gasteiger charge is -2.05. The Labute approximate surface area is 114 Å². The van der Waals surface area contributed by atoms with Crippen LogP contribution < -0.4 is 5.32 Å². The van der Waals surface area contributed by atoms with Gasteiger partial charge >= 0.3 is 0 Å². The SMILES string of the molecule is CC(=O)Nc1ccc2nc3cc(Cl)ccc3nc2c1. The Hall–Kier alpha value is -2.20. The van der Waals surface area contributed by atoms with Crippen molar-refractivity contribution >= 4 is 45.3 Å². The highest BCUT2D eigenvalue weighted by Crippen LogP contribution is 2.21. The van der Waals surface area contributed by atoms with E-state index in [1.807, 2.05) is 12.1 Å². The first-order valence-corrected chi connectivity index (χ1v) is 6.14. The molecule has 0 aliphatic rings. The summed E-state index contributed by atoms with van der Waals surface area (Å²) in [6.07, 6.45) is 0. The number of hydrogen-bond acceptors (Lipinski definition) is 3. The van der Waals surface area contributed by atoms with Gasteiger partial charge in [0.25, 0.3) is 0 Å². The minimum Gasteiger partial charge on any atom is -0.326 e. The highest BCUT2D eigenvalue weighted by atomic mass is 35.5. The Bertz CT molecular complexity index is 801. The third-order valence-electron chi connectivity index (χ3n) is 2.72. The minimum absolute atomic E-state index is 0.111. The lowest BCUT2D eigenvalue weighted by Crippen LogP contribution is -2.05. The van der Waals surface area contributed by atoms with Gasteiger partial charge < -0.3 is 5.32 Å². The Morgan fingerprint density at radius 1 is 1.00 bits per heavy atom. The largest absolute Gasteiger partial charge is 0.326 e. The summed E-state index contributed by atoms with van der Waals surface area (Å²) < 4.78 is 0. The summed E-state index contributed by atoms with van der Waals surface area (Å²) in [5.41, 5.74) is 3.75. The van der Waals surface area contributed by atoms with Gasteiger partial charge in [-0.2, -0.15) is 0 Å². The van der Waals surface area contributed by atoms with Crippen molar-refractivity contribution in [2.75, 3.05) is 5.32 Å². The first-order valence-electron chi connectivity index (χ1n) is 5.76. The van der Waals surface area contributed by atoms with Crippen LogP contribution in [-0.2, 0) is 4.79 Å². The van der Waals surface area contributed by atoms with Gasteiger partial charge in [0.2, 0.25) is 5.91 Å². The van der Waals surface area contributed by atoms with Gasteiger partial charge in [0.1, 0.15) is 0 Å². The topological polar surface area (TPSA) is 54.9 Å². The van der Waals surface area contributed by atoms with Crippen molar-refractivity contribution in [3.8, 4) is 0 Å². The molecule has 0 aliphatic heterocycles. The zero-order valence-corrected chi connectivity index (χ0v) is 10.9. The summed E-state index contributed by atoms with van der Waals surface area (Å²) in [6.45, 7) is 1.47. The summed E-state index contributed by atoms with van der Waals surface area (Å²) in [7, 11) is 0. The first kappa shape index (κ1) is 11.9. The molecule has 4 nitrogen and oxygen atoms in total. The molecule has 0 aliphatic carbocycles. The van der Waals surface area contributed by atoms with E-state index in [4.69, 9.17) is 11.6 Å². The van der Waals surface area contributed by atoms with E-state index in [1.165, 1.54) is 6.92 Å². The van der Waals surface area contributed by atoms with Gasteiger partial charge in [0.15, 0.2) is 0 Å². The fraction of sp³-hybridized carbons (Fsp3) is 0.0714. The van der Waals surface area contributed by atoms with E-state index < -0.39 is 0 Å². The number of anilines is 1.